The van der Waals surface area contributed by atoms with E-state index in [1.807, 2.05) is 19.9 Å². The largest absolute Gasteiger partial charge is 0.475 e. The summed E-state index contributed by atoms with van der Waals surface area (Å²) in [4.78, 5) is 15.9. The molecule has 0 bridgehead atoms. The van der Waals surface area contributed by atoms with Crippen molar-refractivity contribution in [2.24, 2.45) is 11.5 Å². The van der Waals surface area contributed by atoms with Crippen LogP contribution < -0.4 is 16.2 Å². The second-order valence-corrected chi connectivity index (χ2v) is 5.46. The number of nitrogens with two attached hydrogens (primary N) is 2. The van der Waals surface area contributed by atoms with Gasteiger partial charge in [0.2, 0.25) is 5.88 Å². The predicted octanol–water partition coefficient (Wildman–Crippen LogP) is 1.18. The Morgan fingerprint density at radius 2 is 2.26 bits per heavy atom. The zero-order valence-corrected chi connectivity index (χ0v) is 11.5. The number of hydrogen-bond acceptors (Lipinski definition) is 4. The molecule has 0 saturated carbocycles. The van der Waals surface area contributed by atoms with Gasteiger partial charge in [-0.2, -0.15) is 0 Å². The fourth-order valence-electron chi connectivity index (χ4n) is 2.07. The summed E-state index contributed by atoms with van der Waals surface area (Å²) in [6.07, 6.45) is 3.72. The zero-order valence-electron chi connectivity index (χ0n) is 11.5. The van der Waals surface area contributed by atoms with Gasteiger partial charge in [0.25, 0.3) is 5.91 Å². The third kappa shape index (κ3) is 3.04. The van der Waals surface area contributed by atoms with E-state index in [0.717, 1.165) is 36.9 Å². The molecule has 19 heavy (non-hydrogen) atoms. The maximum absolute atomic E-state index is 11.5. The van der Waals surface area contributed by atoms with Gasteiger partial charge in [0, 0.05) is 11.2 Å². The van der Waals surface area contributed by atoms with Crippen LogP contribution in [0.1, 0.15) is 48.3 Å². The van der Waals surface area contributed by atoms with Gasteiger partial charge in [-0.3, -0.25) is 4.79 Å². The van der Waals surface area contributed by atoms with Gasteiger partial charge in [-0.1, -0.05) is 6.92 Å². The van der Waals surface area contributed by atoms with Crippen LogP contribution in [-0.4, -0.2) is 23.0 Å². The van der Waals surface area contributed by atoms with Crippen LogP contribution in [0.2, 0.25) is 0 Å². The lowest BCUT2D eigenvalue weighted by Crippen LogP contribution is -2.41. The number of ether oxygens (including phenoxy) is 1. The molecule has 1 unspecified atom stereocenters. The fourth-order valence-corrected chi connectivity index (χ4v) is 2.07. The van der Waals surface area contributed by atoms with Crippen molar-refractivity contribution >= 4 is 5.91 Å². The molecule has 0 spiro atoms. The molecule has 0 radical (unpaired) electrons. The van der Waals surface area contributed by atoms with Gasteiger partial charge in [0.15, 0.2) is 0 Å². The molecule has 5 nitrogen and oxygen atoms in total. The molecule has 1 aliphatic carbocycles. The highest BCUT2D eigenvalue weighted by atomic mass is 16.5. The average molecular weight is 263 g/mol. The molecule has 1 atom stereocenters. The second kappa shape index (κ2) is 5.17. The van der Waals surface area contributed by atoms with E-state index < -0.39 is 11.4 Å². The molecule has 4 N–H and O–H groups in total. The maximum Gasteiger partial charge on any atom is 0.254 e. The number of carbonyl (C=O) groups excluding carboxylic acids is 1. The van der Waals surface area contributed by atoms with Crippen LogP contribution in [0, 0.1) is 0 Å². The van der Waals surface area contributed by atoms with Crippen LogP contribution in [0.25, 0.3) is 0 Å². The molecule has 1 heterocycles. The number of amides is 1. The normalized spacial score (nSPS) is 16.8. The fraction of sp³-hybridized carbons (Fsp3) is 0.571. The number of pyridine rings is 1. The van der Waals surface area contributed by atoms with Gasteiger partial charge in [-0.15, -0.1) is 0 Å². The van der Waals surface area contributed by atoms with Crippen molar-refractivity contribution in [3.63, 3.8) is 0 Å². The first-order chi connectivity index (χ1) is 8.93. The van der Waals surface area contributed by atoms with Gasteiger partial charge < -0.3 is 16.2 Å². The highest BCUT2D eigenvalue weighted by Crippen LogP contribution is 2.26. The summed E-state index contributed by atoms with van der Waals surface area (Å²) in [6.45, 7) is 4.22. The summed E-state index contributed by atoms with van der Waals surface area (Å²) in [5.41, 5.74) is 13.5. The second-order valence-electron chi connectivity index (χ2n) is 5.46. The number of rotatable bonds is 5. The molecule has 0 fully saturated rings. The lowest BCUT2D eigenvalue weighted by Gasteiger charge is -2.23. The van der Waals surface area contributed by atoms with E-state index in [1.54, 1.807) is 0 Å². The highest BCUT2D eigenvalue weighted by molar-refractivity contribution is 5.95. The van der Waals surface area contributed by atoms with E-state index in [-0.39, 0.29) is 0 Å². The van der Waals surface area contributed by atoms with Gasteiger partial charge >= 0.3 is 0 Å². The molecule has 1 aliphatic rings. The number of primary amides is 1. The minimum Gasteiger partial charge on any atom is -0.475 e. The van der Waals surface area contributed by atoms with Crippen LogP contribution in [0.5, 0.6) is 5.88 Å². The van der Waals surface area contributed by atoms with Crippen molar-refractivity contribution < 1.29 is 9.53 Å². The molecule has 0 saturated heterocycles. The standard InChI is InChI=1S/C14H21N3O2/c1-3-14(2,16)8-19-13-10(12(15)18)7-9-5-4-6-11(9)17-13/h7H,3-6,8,16H2,1-2H3,(H2,15,18). The summed E-state index contributed by atoms with van der Waals surface area (Å²) < 4.78 is 5.64. The van der Waals surface area contributed by atoms with Gasteiger partial charge in [-0.25, -0.2) is 4.98 Å². The smallest absolute Gasteiger partial charge is 0.254 e. The van der Waals surface area contributed by atoms with Gasteiger partial charge in [-0.05, 0) is 44.2 Å². The summed E-state index contributed by atoms with van der Waals surface area (Å²) in [5.74, 6) is -0.189. The molecule has 104 valence electrons. The SMILES string of the molecule is CCC(C)(N)COc1nc2c(cc1C(N)=O)CCC2. The van der Waals surface area contributed by atoms with Crippen LogP contribution in [-0.2, 0) is 12.8 Å². The van der Waals surface area contributed by atoms with Crippen molar-refractivity contribution in [3.05, 3.63) is 22.9 Å². The Bertz CT molecular complexity index is 498. The van der Waals surface area contributed by atoms with Crippen LogP contribution >= 0.6 is 0 Å². The number of aromatic nitrogens is 1. The highest BCUT2D eigenvalue weighted by Gasteiger charge is 2.22. The van der Waals surface area contributed by atoms with E-state index >= 15 is 0 Å². The minimum absolute atomic E-state index is 0.315. The third-order valence-corrected chi connectivity index (χ3v) is 3.63. The molecule has 0 aliphatic heterocycles. The van der Waals surface area contributed by atoms with Crippen LogP contribution in [0.4, 0.5) is 0 Å². The van der Waals surface area contributed by atoms with E-state index in [0.29, 0.717) is 18.1 Å². The number of aryl methyl sites for hydroxylation is 2. The lowest BCUT2D eigenvalue weighted by atomic mass is 10.0. The molecule has 5 heteroatoms. The first-order valence-corrected chi connectivity index (χ1v) is 6.67. The quantitative estimate of drug-likeness (QED) is 0.834. The minimum atomic E-state index is -0.507. The molecule has 1 amide bonds. The van der Waals surface area contributed by atoms with Crippen molar-refractivity contribution in [1.29, 1.82) is 0 Å². The Morgan fingerprint density at radius 1 is 1.53 bits per heavy atom. The Balaban J connectivity index is 2.26. The molecule has 2 rings (SSSR count). The maximum atomic E-state index is 11.5. The van der Waals surface area contributed by atoms with Gasteiger partial charge in [0.1, 0.15) is 12.2 Å². The lowest BCUT2D eigenvalue weighted by molar-refractivity contribution is 0.0993. The molecule has 1 aromatic heterocycles. The number of fused-ring (bicyclic) bond motifs is 1. The van der Waals surface area contributed by atoms with E-state index in [2.05, 4.69) is 4.98 Å². The molecule has 1 aromatic rings. The number of nitrogens with zero attached hydrogens (tertiary/aromatic N) is 1. The first kappa shape index (κ1) is 13.8. The van der Waals surface area contributed by atoms with E-state index in [4.69, 9.17) is 16.2 Å². The van der Waals surface area contributed by atoms with E-state index in [9.17, 15) is 4.79 Å². The molecular formula is C14H21N3O2. The van der Waals surface area contributed by atoms with Crippen molar-refractivity contribution in [2.45, 2.75) is 45.1 Å². The van der Waals surface area contributed by atoms with Crippen molar-refractivity contribution in [1.82, 2.24) is 4.98 Å². The van der Waals surface area contributed by atoms with Crippen LogP contribution in [0.3, 0.4) is 0 Å². The summed E-state index contributed by atoms with van der Waals surface area (Å²) >= 11 is 0. The third-order valence-electron chi connectivity index (χ3n) is 3.63. The van der Waals surface area contributed by atoms with E-state index in [1.165, 1.54) is 0 Å². The number of carbonyl (C=O) groups is 1. The van der Waals surface area contributed by atoms with Crippen LogP contribution in [0.15, 0.2) is 6.07 Å². The summed E-state index contributed by atoms with van der Waals surface area (Å²) in [7, 11) is 0. The predicted molar refractivity (Wildman–Crippen MR) is 73.2 cm³/mol. The number of hydrogen-bond donors (Lipinski definition) is 2. The average Bonchev–Trinajstić information content (AvgIpc) is 2.82. The topological polar surface area (TPSA) is 91.2 Å². The Labute approximate surface area is 113 Å². The summed E-state index contributed by atoms with van der Waals surface area (Å²) in [5, 5.41) is 0. The Kier molecular flexibility index (Phi) is 3.75. The first-order valence-electron chi connectivity index (χ1n) is 6.67. The van der Waals surface area contributed by atoms with Gasteiger partial charge in [0.05, 0.1) is 0 Å². The Morgan fingerprint density at radius 3 is 2.89 bits per heavy atom. The van der Waals surface area contributed by atoms with Crippen molar-refractivity contribution in [3.8, 4) is 5.88 Å². The zero-order chi connectivity index (χ0) is 14.0. The molecular weight excluding hydrogens is 242 g/mol. The van der Waals surface area contributed by atoms with Crippen molar-refractivity contribution in [2.75, 3.05) is 6.61 Å². The summed E-state index contributed by atoms with van der Waals surface area (Å²) in [6, 6.07) is 1.81. The Hall–Kier alpha value is -1.62. The monoisotopic (exact) mass is 263 g/mol. The molecule has 0 aromatic carbocycles.